The molecule has 1 N–H and O–H groups in total. The minimum absolute atomic E-state index is 0.00846. The van der Waals surface area contributed by atoms with Crippen LogP contribution >= 0.6 is 0 Å². The van der Waals surface area contributed by atoms with Crippen molar-refractivity contribution in [2.45, 2.75) is 51.5 Å². The van der Waals surface area contributed by atoms with Gasteiger partial charge in [-0.3, -0.25) is 9.59 Å². The average molecular weight is 383 g/mol. The van der Waals surface area contributed by atoms with Crippen LogP contribution in [-0.4, -0.2) is 31.5 Å². The largest absolute Gasteiger partial charge is 0.495 e. The van der Waals surface area contributed by atoms with Crippen LogP contribution in [0.1, 0.15) is 44.1 Å². The molecule has 5 aliphatic rings. The lowest BCUT2D eigenvalue weighted by Crippen LogP contribution is -2.56. The van der Waals surface area contributed by atoms with Gasteiger partial charge in [-0.1, -0.05) is 6.07 Å². The standard InChI is InChI=1S/C23H30N2O3/c1-13-3-4-20(28-2)19(5-13)25-12-18(11-21(25)26)23(27)24-22-16-7-14-6-15(9-16)10-17(22)8-14/h3-5,14-18,22H,6-12H2,1-2H3,(H,24,27). The predicted octanol–water partition coefficient (Wildman–Crippen LogP) is 3.30. The molecular weight excluding hydrogens is 352 g/mol. The summed E-state index contributed by atoms with van der Waals surface area (Å²) in [5.74, 6) is 3.60. The van der Waals surface area contributed by atoms with E-state index < -0.39 is 0 Å². The molecule has 4 bridgehead atoms. The Labute approximate surface area is 166 Å². The van der Waals surface area contributed by atoms with Gasteiger partial charge in [-0.05, 0) is 80.4 Å². The van der Waals surface area contributed by atoms with E-state index in [1.165, 1.54) is 32.1 Å². The number of carbonyl (C=O) groups is 2. The Kier molecular flexibility index (Phi) is 4.37. The normalized spacial score (nSPS) is 36.1. The van der Waals surface area contributed by atoms with E-state index in [0.29, 0.717) is 30.2 Å². The molecule has 5 nitrogen and oxygen atoms in total. The molecule has 1 aromatic rings. The molecule has 150 valence electrons. The van der Waals surface area contributed by atoms with E-state index in [1.54, 1.807) is 12.0 Å². The van der Waals surface area contributed by atoms with Crippen molar-refractivity contribution in [3.05, 3.63) is 23.8 Å². The SMILES string of the molecule is COc1ccc(C)cc1N1CC(C(=O)NC2C3CC4CC(C3)CC2C4)CC1=O. The molecule has 0 aromatic heterocycles. The number of hydrogen-bond acceptors (Lipinski definition) is 3. The van der Waals surface area contributed by atoms with Gasteiger partial charge < -0.3 is 15.0 Å². The fourth-order valence-electron chi connectivity index (χ4n) is 6.57. The summed E-state index contributed by atoms with van der Waals surface area (Å²) in [5.41, 5.74) is 1.85. The highest BCUT2D eigenvalue weighted by atomic mass is 16.5. The Morgan fingerprint density at radius 1 is 1.11 bits per heavy atom. The van der Waals surface area contributed by atoms with Gasteiger partial charge in [0.1, 0.15) is 5.75 Å². The second-order valence-corrected chi connectivity index (χ2v) is 9.55. The molecule has 1 atom stereocenters. The van der Waals surface area contributed by atoms with Crippen molar-refractivity contribution in [1.29, 1.82) is 0 Å². The van der Waals surface area contributed by atoms with Crippen LogP contribution in [0.3, 0.4) is 0 Å². The second kappa shape index (κ2) is 6.78. The Bertz CT molecular complexity index is 777. The summed E-state index contributed by atoms with van der Waals surface area (Å²) in [5, 5.41) is 3.39. The van der Waals surface area contributed by atoms with Crippen molar-refractivity contribution in [3.63, 3.8) is 0 Å². The third kappa shape index (κ3) is 2.99. The van der Waals surface area contributed by atoms with E-state index >= 15 is 0 Å². The summed E-state index contributed by atoms with van der Waals surface area (Å²) in [6.45, 7) is 2.44. The van der Waals surface area contributed by atoms with Crippen LogP contribution in [0.15, 0.2) is 18.2 Å². The first-order valence-corrected chi connectivity index (χ1v) is 10.8. The smallest absolute Gasteiger partial charge is 0.227 e. The van der Waals surface area contributed by atoms with Crippen LogP contribution < -0.4 is 15.0 Å². The first kappa shape index (κ1) is 18.0. The first-order valence-electron chi connectivity index (χ1n) is 10.8. The summed E-state index contributed by atoms with van der Waals surface area (Å²) in [7, 11) is 1.62. The minimum Gasteiger partial charge on any atom is -0.495 e. The van der Waals surface area contributed by atoms with Crippen molar-refractivity contribution < 1.29 is 14.3 Å². The van der Waals surface area contributed by atoms with Gasteiger partial charge in [0.05, 0.1) is 18.7 Å². The summed E-state index contributed by atoms with van der Waals surface area (Å²) in [6.07, 6.45) is 6.85. The Hall–Kier alpha value is -2.04. The third-order valence-electron chi connectivity index (χ3n) is 7.66. The van der Waals surface area contributed by atoms with Gasteiger partial charge in [-0.15, -0.1) is 0 Å². The molecule has 1 heterocycles. The number of nitrogens with zero attached hydrogens (tertiary/aromatic N) is 1. The zero-order chi connectivity index (χ0) is 19.4. The minimum atomic E-state index is -0.269. The van der Waals surface area contributed by atoms with Crippen molar-refractivity contribution in [3.8, 4) is 5.75 Å². The van der Waals surface area contributed by atoms with Crippen LogP contribution in [0.25, 0.3) is 0 Å². The molecule has 6 rings (SSSR count). The molecule has 5 heteroatoms. The van der Waals surface area contributed by atoms with Crippen LogP contribution in [0, 0.1) is 36.5 Å². The molecule has 5 fully saturated rings. The number of ether oxygens (including phenoxy) is 1. The lowest BCUT2D eigenvalue weighted by molar-refractivity contribution is -0.129. The van der Waals surface area contributed by atoms with Gasteiger partial charge in [-0.2, -0.15) is 0 Å². The molecule has 4 saturated carbocycles. The highest BCUT2D eigenvalue weighted by Gasteiger charge is 2.49. The zero-order valence-electron chi connectivity index (χ0n) is 16.8. The molecule has 0 spiro atoms. The van der Waals surface area contributed by atoms with Gasteiger partial charge in [0, 0.05) is 19.0 Å². The van der Waals surface area contributed by atoms with E-state index in [1.807, 2.05) is 25.1 Å². The summed E-state index contributed by atoms with van der Waals surface area (Å²) < 4.78 is 5.45. The monoisotopic (exact) mass is 382 g/mol. The van der Waals surface area contributed by atoms with E-state index in [9.17, 15) is 9.59 Å². The maximum atomic E-state index is 13.1. The number of methoxy groups -OCH3 is 1. The van der Waals surface area contributed by atoms with Gasteiger partial charge in [0.15, 0.2) is 0 Å². The lowest BCUT2D eigenvalue weighted by atomic mass is 9.54. The van der Waals surface area contributed by atoms with E-state index in [0.717, 1.165) is 23.1 Å². The number of anilines is 1. The molecule has 2 amide bonds. The fourth-order valence-corrected chi connectivity index (χ4v) is 6.57. The lowest BCUT2D eigenvalue weighted by Gasteiger charge is -2.54. The Morgan fingerprint density at radius 3 is 2.43 bits per heavy atom. The average Bonchev–Trinajstić information content (AvgIpc) is 3.05. The fraction of sp³-hybridized carbons (Fsp3) is 0.652. The number of amides is 2. The van der Waals surface area contributed by atoms with E-state index in [2.05, 4.69) is 5.32 Å². The Morgan fingerprint density at radius 2 is 1.79 bits per heavy atom. The first-order chi connectivity index (χ1) is 13.5. The third-order valence-corrected chi connectivity index (χ3v) is 7.66. The van der Waals surface area contributed by atoms with Gasteiger partial charge in [0.25, 0.3) is 0 Å². The van der Waals surface area contributed by atoms with Gasteiger partial charge in [-0.25, -0.2) is 0 Å². The quantitative estimate of drug-likeness (QED) is 0.869. The maximum Gasteiger partial charge on any atom is 0.227 e. The number of benzene rings is 1. The van der Waals surface area contributed by atoms with E-state index in [-0.39, 0.29) is 24.2 Å². The number of nitrogens with one attached hydrogen (secondary N) is 1. The topological polar surface area (TPSA) is 58.6 Å². The predicted molar refractivity (Wildman–Crippen MR) is 107 cm³/mol. The molecular formula is C23H30N2O3. The summed E-state index contributed by atoms with van der Waals surface area (Å²) >= 11 is 0. The van der Waals surface area contributed by atoms with Crippen molar-refractivity contribution in [2.24, 2.45) is 29.6 Å². The van der Waals surface area contributed by atoms with Crippen LogP contribution in [0.5, 0.6) is 5.75 Å². The van der Waals surface area contributed by atoms with Crippen molar-refractivity contribution in [1.82, 2.24) is 5.32 Å². The van der Waals surface area contributed by atoms with Crippen molar-refractivity contribution in [2.75, 3.05) is 18.6 Å². The summed E-state index contributed by atoms with van der Waals surface area (Å²) in [6, 6.07) is 6.16. The van der Waals surface area contributed by atoms with E-state index in [4.69, 9.17) is 4.74 Å². The van der Waals surface area contributed by atoms with Crippen LogP contribution in [0.4, 0.5) is 5.69 Å². The van der Waals surface area contributed by atoms with Crippen LogP contribution in [-0.2, 0) is 9.59 Å². The second-order valence-electron chi connectivity index (χ2n) is 9.55. The Balaban J connectivity index is 1.28. The molecule has 1 unspecified atom stereocenters. The maximum absolute atomic E-state index is 13.1. The molecule has 0 radical (unpaired) electrons. The highest BCUT2D eigenvalue weighted by molar-refractivity contribution is 6.01. The number of rotatable bonds is 4. The van der Waals surface area contributed by atoms with Crippen molar-refractivity contribution >= 4 is 17.5 Å². The number of carbonyl (C=O) groups excluding carboxylic acids is 2. The highest BCUT2D eigenvalue weighted by Crippen LogP contribution is 2.53. The van der Waals surface area contributed by atoms with Gasteiger partial charge in [0.2, 0.25) is 11.8 Å². The van der Waals surface area contributed by atoms with Crippen LogP contribution in [0.2, 0.25) is 0 Å². The number of aryl methyl sites for hydroxylation is 1. The molecule has 4 aliphatic carbocycles. The zero-order valence-corrected chi connectivity index (χ0v) is 16.8. The molecule has 1 aromatic carbocycles. The summed E-state index contributed by atoms with van der Waals surface area (Å²) in [4.78, 5) is 27.5. The molecule has 1 saturated heterocycles. The van der Waals surface area contributed by atoms with Gasteiger partial charge >= 0.3 is 0 Å². The number of hydrogen-bond donors (Lipinski definition) is 1. The molecule has 28 heavy (non-hydrogen) atoms. The molecule has 1 aliphatic heterocycles.